The number of rotatable bonds is 6. The van der Waals surface area contributed by atoms with Gasteiger partial charge in [0, 0.05) is 0 Å². The van der Waals surface area contributed by atoms with Crippen LogP contribution in [0.25, 0.3) is 0 Å². The zero-order valence-electron chi connectivity index (χ0n) is 6.78. The van der Waals surface area contributed by atoms with Gasteiger partial charge in [0.15, 0.2) is 0 Å². The number of phosphoric acid groups is 1. The zero-order chi connectivity index (χ0) is 8.74. The highest BCUT2D eigenvalue weighted by molar-refractivity contribution is 7.48. The summed E-state index contributed by atoms with van der Waals surface area (Å²) in [5, 5.41) is 0. The molecule has 0 heterocycles. The molecule has 0 fully saturated rings. The summed E-state index contributed by atoms with van der Waals surface area (Å²) in [6.45, 7) is 3.78. The van der Waals surface area contributed by atoms with Crippen LogP contribution in [0.1, 0.15) is 13.8 Å². The van der Waals surface area contributed by atoms with Crippen LogP contribution < -0.4 is 5.73 Å². The van der Waals surface area contributed by atoms with Gasteiger partial charge in [0.05, 0.1) is 13.2 Å². The molecule has 0 amide bonds. The third kappa shape index (κ3) is 4.50. The Kier molecular flexibility index (Phi) is 5.72. The van der Waals surface area contributed by atoms with E-state index in [-0.39, 0.29) is 19.9 Å². The highest BCUT2D eigenvalue weighted by Crippen LogP contribution is 2.48. The molecule has 0 bridgehead atoms. The molecular weight excluding hydrogens is 169 g/mol. The van der Waals surface area contributed by atoms with Gasteiger partial charge in [0.1, 0.15) is 6.73 Å². The maximum Gasteiger partial charge on any atom is 0.476 e. The quantitative estimate of drug-likeness (QED) is 0.493. The summed E-state index contributed by atoms with van der Waals surface area (Å²) >= 11 is 0. The van der Waals surface area contributed by atoms with Crippen LogP contribution in [0.2, 0.25) is 0 Å². The second-order valence-corrected chi connectivity index (χ2v) is 3.25. The minimum absolute atomic E-state index is 0.169. The number of nitrogens with two attached hydrogens (primary N) is 1. The lowest BCUT2D eigenvalue weighted by Gasteiger charge is -2.14. The Bertz CT molecular complexity index is 117. The first-order chi connectivity index (χ1) is 5.18. The molecule has 0 saturated heterocycles. The predicted octanol–water partition coefficient (Wildman–Crippen LogP) is 1.10. The Morgan fingerprint density at radius 3 is 1.91 bits per heavy atom. The monoisotopic (exact) mass is 183 g/mol. The normalized spacial score (nSPS) is 11.9. The van der Waals surface area contributed by atoms with Crippen LogP contribution in [0.5, 0.6) is 0 Å². The van der Waals surface area contributed by atoms with Crippen molar-refractivity contribution in [3.63, 3.8) is 0 Å². The van der Waals surface area contributed by atoms with Crippen molar-refractivity contribution in [2.24, 2.45) is 5.73 Å². The van der Waals surface area contributed by atoms with Crippen LogP contribution in [0.4, 0.5) is 0 Å². The third-order valence-corrected chi connectivity index (χ3v) is 2.42. The molecule has 5 nitrogen and oxygen atoms in total. The van der Waals surface area contributed by atoms with Crippen molar-refractivity contribution in [3.05, 3.63) is 0 Å². The zero-order valence-corrected chi connectivity index (χ0v) is 7.67. The van der Waals surface area contributed by atoms with Gasteiger partial charge in [-0.05, 0) is 13.8 Å². The van der Waals surface area contributed by atoms with E-state index in [4.69, 9.17) is 14.8 Å². The van der Waals surface area contributed by atoms with Crippen molar-refractivity contribution in [3.8, 4) is 0 Å². The van der Waals surface area contributed by atoms with Crippen molar-refractivity contribution in [2.75, 3.05) is 19.9 Å². The Morgan fingerprint density at radius 2 is 1.64 bits per heavy atom. The van der Waals surface area contributed by atoms with E-state index in [1.165, 1.54) is 0 Å². The lowest BCUT2D eigenvalue weighted by atomic mass is 10.9. The summed E-state index contributed by atoms with van der Waals surface area (Å²) in [6, 6.07) is 0. The van der Waals surface area contributed by atoms with Crippen molar-refractivity contribution in [1.82, 2.24) is 0 Å². The smallest absolute Gasteiger partial charge is 0.308 e. The molecule has 68 valence electrons. The Balaban J connectivity index is 3.91. The number of hydrogen-bond acceptors (Lipinski definition) is 5. The standard InChI is InChI=1S/C5H14NO4P/c1-3-8-11(7,9-4-2)10-5-6/h3-6H2,1-2H3. The second kappa shape index (κ2) is 5.69. The van der Waals surface area contributed by atoms with E-state index in [1.54, 1.807) is 13.8 Å². The summed E-state index contributed by atoms with van der Waals surface area (Å²) in [5.74, 6) is 0. The lowest BCUT2D eigenvalue weighted by molar-refractivity contribution is 0.124. The first-order valence-electron chi connectivity index (χ1n) is 3.42. The molecule has 0 spiro atoms. The molecule has 0 radical (unpaired) electrons. The van der Waals surface area contributed by atoms with Crippen LogP contribution in [-0.2, 0) is 18.1 Å². The van der Waals surface area contributed by atoms with Crippen LogP contribution in [0.3, 0.4) is 0 Å². The van der Waals surface area contributed by atoms with E-state index in [9.17, 15) is 4.57 Å². The van der Waals surface area contributed by atoms with Crippen LogP contribution in [0, 0.1) is 0 Å². The van der Waals surface area contributed by atoms with E-state index >= 15 is 0 Å². The van der Waals surface area contributed by atoms with Gasteiger partial charge < -0.3 is 5.73 Å². The molecule has 0 aliphatic heterocycles. The van der Waals surface area contributed by atoms with Gasteiger partial charge in [-0.3, -0.25) is 13.6 Å². The highest BCUT2D eigenvalue weighted by Gasteiger charge is 2.23. The molecule has 0 unspecified atom stereocenters. The molecule has 0 aromatic rings. The topological polar surface area (TPSA) is 70.8 Å². The molecule has 0 atom stereocenters. The average molecular weight is 183 g/mol. The largest absolute Gasteiger partial charge is 0.476 e. The van der Waals surface area contributed by atoms with E-state index < -0.39 is 7.82 Å². The molecule has 2 N–H and O–H groups in total. The minimum Gasteiger partial charge on any atom is -0.308 e. The van der Waals surface area contributed by atoms with E-state index in [0.29, 0.717) is 0 Å². The van der Waals surface area contributed by atoms with E-state index in [1.807, 2.05) is 0 Å². The maximum atomic E-state index is 11.3. The Labute approximate surface area is 66.4 Å². The van der Waals surface area contributed by atoms with Gasteiger partial charge in [-0.15, -0.1) is 0 Å². The summed E-state index contributed by atoms with van der Waals surface area (Å²) in [4.78, 5) is 0. The molecule has 0 aliphatic carbocycles. The predicted molar refractivity (Wildman–Crippen MR) is 41.0 cm³/mol. The van der Waals surface area contributed by atoms with Gasteiger partial charge in [-0.25, -0.2) is 4.57 Å². The fraction of sp³-hybridized carbons (Fsp3) is 1.00. The van der Waals surface area contributed by atoms with Crippen LogP contribution in [0.15, 0.2) is 0 Å². The van der Waals surface area contributed by atoms with Crippen molar-refractivity contribution < 1.29 is 18.1 Å². The first-order valence-corrected chi connectivity index (χ1v) is 4.88. The first kappa shape index (κ1) is 11.1. The lowest BCUT2D eigenvalue weighted by Crippen LogP contribution is -2.06. The van der Waals surface area contributed by atoms with Crippen LogP contribution >= 0.6 is 7.82 Å². The van der Waals surface area contributed by atoms with Gasteiger partial charge in [0.2, 0.25) is 0 Å². The second-order valence-electron chi connectivity index (χ2n) is 1.58. The molecule has 0 aliphatic rings. The van der Waals surface area contributed by atoms with E-state index in [2.05, 4.69) is 4.52 Å². The number of hydrogen-bond donors (Lipinski definition) is 1. The van der Waals surface area contributed by atoms with Gasteiger partial charge >= 0.3 is 7.82 Å². The Morgan fingerprint density at radius 1 is 1.18 bits per heavy atom. The van der Waals surface area contributed by atoms with Gasteiger partial charge in [-0.1, -0.05) is 0 Å². The van der Waals surface area contributed by atoms with Crippen molar-refractivity contribution >= 4 is 7.82 Å². The maximum absolute atomic E-state index is 11.3. The van der Waals surface area contributed by atoms with Gasteiger partial charge in [0.25, 0.3) is 0 Å². The summed E-state index contributed by atoms with van der Waals surface area (Å²) in [5.41, 5.74) is 5.02. The van der Waals surface area contributed by atoms with Gasteiger partial charge in [-0.2, -0.15) is 0 Å². The molecule has 0 aromatic heterocycles. The summed E-state index contributed by atoms with van der Waals surface area (Å²) in [6.07, 6.45) is 0. The molecular formula is C5H14NO4P. The minimum atomic E-state index is -3.34. The fourth-order valence-corrected chi connectivity index (χ4v) is 1.56. The van der Waals surface area contributed by atoms with Crippen molar-refractivity contribution in [2.45, 2.75) is 13.8 Å². The fourth-order valence-electron chi connectivity index (χ4n) is 0.519. The molecule has 0 rings (SSSR count). The Hall–Kier alpha value is 0.0700. The van der Waals surface area contributed by atoms with Crippen LogP contribution in [-0.4, -0.2) is 19.9 Å². The molecule has 6 heteroatoms. The average Bonchev–Trinajstić information content (AvgIpc) is 1.88. The molecule has 11 heavy (non-hydrogen) atoms. The molecule has 0 saturated carbocycles. The third-order valence-electron chi connectivity index (χ3n) is 0.807. The van der Waals surface area contributed by atoms with E-state index in [0.717, 1.165) is 0 Å². The summed E-state index contributed by atoms with van der Waals surface area (Å²) < 4.78 is 25.3. The highest BCUT2D eigenvalue weighted by atomic mass is 31.2. The SMILES string of the molecule is CCOP(=O)(OCC)OCN. The summed E-state index contributed by atoms with van der Waals surface area (Å²) in [7, 11) is -3.34. The molecule has 0 aromatic carbocycles. The van der Waals surface area contributed by atoms with Crippen molar-refractivity contribution in [1.29, 1.82) is 0 Å². The number of phosphoric ester groups is 1.